The number of carbonyl (C=O) groups is 3. The molecule has 0 radical (unpaired) electrons. The molecule has 0 aromatic heterocycles. The van der Waals surface area contributed by atoms with E-state index in [2.05, 4.69) is 93.7 Å². The summed E-state index contributed by atoms with van der Waals surface area (Å²) >= 11 is 0. The molecule has 6 nitrogen and oxygen atoms in total. The van der Waals surface area contributed by atoms with Gasteiger partial charge in [-0.2, -0.15) is 0 Å². The van der Waals surface area contributed by atoms with Crippen molar-refractivity contribution in [3.63, 3.8) is 0 Å². The standard InChI is InChI=1S/C70H124O6/c1-4-7-10-13-16-19-22-25-28-31-32-33-34-35-36-37-38-40-42-45-48-51-54-57-60-63-69(72)75-66-67(65-74-68(71)62-59-56-53-50-47-44-41-30-27-24-21-18-15-12-9-6-3)76-70(73)64-61-58-55-52-49-46-43-39-29-26-23-20-17-14-11-8-5-2/h7,10,16,19,25-26,28-30,32-33,41,67H,4-6,8-9,11-15,17-18,20-24,27,31,34-40,42-66H2,1-3H3/b10-7-,19-16-,28-25-,29-26-,33-32-,41-30-. The van der Waals surface area contributed by atoms with Crippen LogP contribution in [0.15, 0.2) is 72.9 Å². The highest BCUT2D eigenvalue weighted by molar-refractivity contribution is 5.71. The number of hydrogen-bond acceptors (Lipinski definition) is 6. The molecule has 0 saturated heterocycles. The predicted octanol–water partition coefficient (Wildman–Crippen LogP) is 22.5. The average molecular weight is 1060 g/mol. The minimum atomic E-state index is -0.782. The number of hydrogen-bond donors (Lipinski definition) is 0. The zero-order valence-electron chi connectivity index (χ0n) is 50.5. The maximum absolute atomic E-state index is 12.9. The van der Waals surface area contributed by atoms with E-state index in [1.807, 2.05) is 0 Å². The van der Waals surface area contributed by atoms with Crippen LogP contribution in [0.2, 0.25) is 0 Å². The summed E-state index contributed by atoms with van der Waals surface area (Å²) in [7, 11) is 0. The van der Waals surface area contributed by atoms with Crippen LogP contribution in [0, 0.1) is 0 Å². The summed E-state index contributed by atoms with van der Waals surface area (Å²) in [5, 5.41) is 0. The van der Waals surface area contributed by atoms with Crippen molar-refractivity contribution in [2.45, 2.75) is 341 Å². The molecule has 0 fully saturated rings. The minimum Gasteiger partial charge on any atom is -0.462 e. The van der Waals surface area contributed by atoms with E-state index in [0.717, 1.165) is 89.9 Å². The summed E-state index contributed by atoms with van der Waals surface area (Å²) in [5.41, 5.74) is 0. The zero-order valence-corrected chi connectivity index (χ0v) is 50.5. The number of carbonyl (C=O) groups excluding carboxylic acids is 3. The van der Waals surface area contributed by atoms with Gasteiger partial charge in [0, 0.05) is 19.3 Å². The summed E-state index contributed by atoms with van der Waals surface area (Å²) in [4.78, 5) is 38.4. The quantitative estimate of drug-likeness (QED) is 0.0261. The number of unbranched alkanes of at least 4 members (excludes halogenated alkanes) is 37. The Morgan fingerprint density at radius 1 is 0.276 bits per heavy atom. The lowest BCUT2D eigenvalue weighted by Crippen LogP contribution is -2.30. The van der Waals surface area contributed by atoms with Crippen LogP contribution in [-0.4, -0.2) is 37.2 Å². The fourth-order valence-corrected chi connectivity index (χ4v) is 9.48. The van der Waals surface area contributed by atoms with Crippen LogP contribution in [0.5, 0.6) is 0 Å². The van der Waals surface area contributed by atoms with Gasteiger partial charge >= 0.3 is 17.9 Å². The average Bonchev–Trinajstić information content (AvgIpc) is 3.42. The Morgan fingerprint density at radius 2 is 0.513 bits per heavy atom. The minimum absolute atomic E-state index is 0.0785. The van der Waals surface area contributed by atoms with Gasteiger partial charge < -0.3 is 14.2 Å². The van der Waals surface area contributed by atoms with E-state index in [4.69, 9.17) is 14.2 Å². The predicted molar refractivity (Wildman–Crippen MR) is 330 cm³/mol. The molecule has 0 aliphatic carbocycles. The molecule has 0 aliphatic heterocycles. The third-order valence-corrected chi connectivity index (χ3v) is 14.4. The van der Waals surface area contributed by atoms with Gasteiger partial charge in [-0.1, -0.05) is 280 Å². The molecule has 0 bridgehead atoms. The second-order valence-electron chi connectivity index (χ2n) is 22.0. The third-order valence-electron chi connectivity index (χ3n) is 14.4. The molecular formula is C70H124O6. The number of rotatable bonds is 60. The normalized spacial score (nSPS) is 12.5. The van der Waals surface area contributed by atoms with Crippen LogP contribution in [0.3, 0.4) is 0 Å². The topological polar surface area (TPSA) is 78.9 Å². The largest absolute Gasteiger partial charge is 0.462 e. The van der Waals surface area contributed by atoms with Crippen molar-refractivity contribution in [2.24, 2.45) is 0 Å². The van der Waals surface area contributed by atoms with E-state index in [-0.39, 0.29) is 31.1 Å². The summed E-state index contributed by atoms with van der Waals surface area (Å²) in [5.74, 6) is -0.876. The molecule has 0 heterocycles. The summed E-state index contributed by atoms with van der Waals surface area (Å²) in [6.07, 6.45) is 83.3. The second kappa shape index (κ2) is 64.4. The molecule has 0 rings (SSSR count). The molecule has 1 atom stereocenters. The Bertz CT molecular complexity index is 1400. The smallest absolute Gasteiger partial charge is 0.306 e. The van der Waals surface area contributed by atoms with E-state index in [9.17, 15) is 14.4 Å². The van der Waals surface area contributed by atoms with Gasteiger partial charge in [0.2, 0.25) is 0 Å². The van der Waals surface area contributed by atoms with Gasteiger partial charge in [0.05, 0.1) is 0 Å². The first-order chi connectivity index (χ1) is 37.5. The summed E-state index contributed by atoms with van der Waals surface area (Å²) in [6, 6.07) is 0. The van der Waals surface area contributed by atoms with Crippen molar-refractivity contribution in [3.05, 3.63) is 72.9 Å². The number of esters is 3. The highest BCUT2D eigenvalue weighted by Gasteiger charge is 2.19. The Kier molecular flexibility index (Phi) is 61.7. The van der Waals surface area contributed by atoms with Gasteiger partial charge in [0.1, 0.15) is 13.2 Å². The van der Waals surface area contributed by atoms with Crippen LogP contribution in [0.25, 0.3) is 0 Å². The molecule has 0 saturated carbocycles. The van der Waals surface area contributed by atoms with E-state index in [1.165, 1.54) is 205 Å². The van der Waals surface area contributed by atoms with E-state index >= 15 is 0 Å². The third kappa shape index (κ3) is 61.7. The Morgan fingerprint density at radius 3 is 0.816 bits per heavy atom. The molecular weight excluding hydrogens is 937 g/mol. The molecule has 76 heavy (non-hydrogen) atoms. The van der Waals surface area contributed by atoms with Gasteiger partial charge in [-0.25, -0.2) is 0 Å². The Balaban J connectivity index is 4.32. The molecule has 6 heteroatoms. The molecule has 0 aliphatic rings. The van der Waals surface area contributed by atoms with Crippen molar-refractivity contribution in [2.75, 3.05) is 13.2 Å². The SMILES string of the molecule is CC/C=C\C/C=C\C/C=C\C/C=C\CCCCCCCCCCCCCCC(=O)OCC(COC(=O)CCCCCCC/C=C\CCCCCCCCC)OC(=O)CCCCCCCCC/C=C\CCCCCCCC. The van der Waals surface area contributed by atoms with Crippen molar-refractivity contribution in [1.82, 2.24) is 0 Å². The first-order valence-electron chi connectivity index (χ1n) is 32.9. The monoisotopic (exact) mass is 1060 g/mol. The van der Waals surface area contributed by atoms with Crippen LogP contribution >= 0.6 is 0 Å². The molecule has 440 valence electrons. The van der Waals surface area contributed by atoms with E-state index < -0.39 is 6.10 Å². The molecule has 0 spiro atoms. The van der Waals surface area contributed by atoms with Crippen molar-refractivity contribution in [3.8, 4) is 0 Å². The van der Waals surface area contributed by atoms with Crippen molar-refractivity contribution >= 4 is 17.9 Å². The van der Waals surface area contributed by atoms with E-state index in [1.54, 1.807) is 0 Å². The molecule has 0 aromatic rings. The fraction of sp³-hybridized carbons (Fsp3) is 0.786. The lowest BCUT2D eigenvalue weighted by Gasteiger charge is -2.18. The Labute approximate surface area is 472 Å². The summed E-state index contributed by atoms with van der Waals surface area (Å²) < 4.78 is 17.0. The molecule has 0 amide bonds. The van der Waals surface area contributed by atoms with Gasteiger partial charge in [-0.15, -0.1) is 0 Å². The highest BCUT2D eigenvalue weighted by Crippen LogP contribution is 2.17. The highest BCUT2D eigenvalue weighted by atomic mass is 16.6. The fourth-order valence-electron chi connectivity index (χ4n) is 9.48. The molecule has 1 unspecified atom stereocenters. The van der Waals surface area contributed by atoms with Crippen LogP contribution in [0.4, 0.5) is 0 Å². The first kappa shape index (κ1) is 72.8. The van der Waals surface area contributed by atoms with E-state index in [0.29, 0.717) is 19.3 Å². The van der Waals surface area contributed by atoms with Crippen LogP contribution in [-0.2, 0) is 28.6 Å². The van der Waals surface area contributed by atoms with Crippen LogP contribution in [0.1, 0.15) is 335 Å². The van der Waals surface area contributed by atoms with Gasteiger partial charge in [0.25, 0.3) is 0 Å². The Hall–Kier alpha value is -3.15. The first-order valence-corrected chi connectivity index (χ1v) is 32.9. The van der Waals surface area contributed by atoms with Crippen molar-refractivity contribution in [1.29, 1.82) is 0 Å². The van der Waals surface area contributed by atoms with Crippen LogP contribution < -0.4 is 0 Å². The zero-order chi connectivity index (χ0) is 55.0. The van der Waals surface area contributed by atoms with Gasteiger partial charge in [-0.3, -0.25) is 14.4 Å². The van der Waals surface area contributed by atoms with Gasteiger partial charge in [-0.05, 0) is 109 Å². The lowest BCUT2D eigenvalue weighted by molar-refractivity contribution is -0.167. The van der Waals surface area contributed by atoms with Gasteiger partial charge in [0.15, 0.2) is 6.10 Å². The molecule has 0 aromatic carbocycles. The van der Waals surface area contributed by atoms with Crippen molar-refractivity contribution < 1.29 is 28.6 Å². The molecule has 0 N–H and O–H groups in total. The lowest BCUT2D eigenvalue weighted by atomic mass is 10.0. The summed E-state index contributed by atoms with van der Waals surface area (Å²) in [6.45, 7) is 6.55. The number of allylic oxidation sites excluding steroid dienone is 12. The number of ether oxygens (including phenoxy) is 3. The maximum atomic E-state index is 12.9. The maximum Gasteiger partial charge on any atom is 0.306 e. The second-order valence-corrected chi connectivity index (χ2v) is 22.0.